The average Bonchev–Trinajstić information content (AvgIpc) is 0. The monoisotopic (exact) mass is 159 g/mol. The summed E-state index contributed by atoms with van der Waals surface area (Å²) in [5, 5.41) is 0. The van der Waals surface area contributed by atoms with Crippen molar-refractivity contribution in [2.45, 2.75) is 0 Å². The number of rotatable bonds is 0. The third-order valence-electron chi connectivity index (χ3n) is 0. The van der Waals surface area contributed by atoms with E-state index in [0.29, 0.717) is 0 Å². The second-order valence-electron chi connectivity index (χ2n) is 0. The summed E-state index contributed by atoms with van der Waals surface area (Å²) in [5.74, 6) is 0. The van der Waals surface area contributed by atoms with Crippen LogP contribution in [-0.2, 0) is 34.4 Å². The van der Waals surface area contributed by atoms with Gasteiger partial charge in [-0.2, -0.15) is 0 Å². The van der Waals surface area contributed by atoms with E-state index in [0.717, 1.165) is 0 Å². The molecule has 0 spiro atoms. The first kappa shape index (κ1) is 101. The Bertz CT molecular complexity index is 11.6. The fraction of sp³-hybridized carbons (Fsp3) is 0. The molecule has 0 unspecified atom stereocenters. The van der Waals surface area contributed by atoms with Crippen LogP contribution in [-0.4, -0.2) is 19.4 Å². The summed E-state index contributed by atoms with van der Waals surface area (Å²) < 4.78 is 0. The molecule has 0 saturated carbocycles. The van der Waals surface area contributed by atoms with Gasteiger partial charge in [0, 0.05) is 61.2 Å². The SMILES string of the molecule is [B].[C].[Cr].[Fe].[Si]. The van der Waals surface area contributed by atoms with Crippen molar-refractivity contribution in [1.29, 1.82) is 0 Å². The van der Waals surface area contributed by atoms with Gasteiger partial charge in [0.1, 0.15) is 0 Å². The molecule has 0 amide bonds. The topological polar surface area (TPSA) is 0 Å². The first-order valence-corrected chi connectivity index (χ1v) is 0. The predicted molar refractivity (Wildman–Crippen MR) is 14.8 cm³/mol. The minimum absolute atomic E-state index is 0. The maximum Gasteiger partial charge on any atom is 0 e. The average molecular weight is 159 g/mol. The second kappa shape index (κ2) is 56.3. The van der Waals surface area contributed by atoms with Crippen LogP contribution in [0.1, 0.15) is 0 Å². The zero-order chi connectivity index (χ0) is 0. The molecule has 0 aliphatic rings. The van der Waals surface area contributed by atoms with E-state index in [1.54, 1.807) is 0 Å². The summed E-state index contributed by atoms with van der Waals surface area (Å²) in [6, 6.07) is 0. The summed E-state index contributed by atoms with van der Waals surface area (Å²) >= 11 is 0. The van der Waals surface area contributed by atoms with Crippen molar-refractivity contribution in [2.24, 2.45) is 0 Å². The van der Waals surface area contributed by atoms with Gasteiger partial charge in [0.05, 0.1) is 0 Å². The first-order valence-electron chi connectivity index (χ1n) is 0. The molecule has 0 fully saturated rings. The molecule has 0 aliphatic carbocycles. The summed E-state index contributed by atoms with van der Waals surface area (Å²) in [4.78, 5) is 0. The van der Waals surface area contributed by atoms with Gasteiger partial charge in [0.25, 0.3) is 0 Å². The van der Waals surface area contributed by atoms with Crippen molar-refractivity contribution in [2.75, 3.05) is 0 Å². The molecule has 0 aromatic carbocycles. The van der Waals surface area contributed by atoms with Crippen molar-refractivity contribution in [1.82, 2.24) is 0 Å². The Morgan fingerprint density at radius 3 is 1.00 bits per heavy atom. The number of hydrogen-bond acceptors (Lipinski definition) is 0. The fourth-order valence-electron chi connectivity index (χ4n) is 0. The van der Waals surface area contributed by atoms with Gasteiger partial charge < -0.3 is 0 Å². The molecular formula is CBCrFeSi. The molecule has 0 aromatic heterocycles. The Morgan fingerprint density at radius 1 is 1.00 bits per heavy atom. The molecule has 5 heavy (non-hydrogen) atoms. The summed E-state index contributed by atoms with van der Waals surface area (Å²) in [5.41, 5.74) is 0. The normalized spacial score (nSPS) is 0. The van der Waals surface area contributed by atoms with Crippen molar-refractivity contribution >= 4 is 19.4 Å². The summed E-state index contributed by atoms with van der Waals surface area (Å²) in [6.45, 7) is 0. The standard InChI is InChI=1S/C.B.Cr.Fe.Si. The van der Waals surface area contributed by atoms with Crippen LogP contribution >= 0.6 is 0 Å². The summed E-state index contributed by atoms with van der Waals surface area (Å²) in [7, 11) is 0. The van der Waals surface area contributed by atoms with Crippen LogP contribution in [0.15, 0.2) is 0 Å². The zero-order valence-corrected chi connectivity index (χ0v) is 5.72. The predicted octanol–water partition coefficient (Wildman–Crippen LogP) is -0.685. The molecule has 0 atom stereocenters. The van der Waals surface area contributed by atoms with Gasteiger partial charge in [-0.15, -0.1) is 0 Å². The van der Waals surface area contributed by atoms with E-state index in [4.69, 9.17) is 0 Å². The molecule has 4 heteroatoms. The van der Waals surface area contributed by atoms with Gasteiger partial charge in [-0.05, 0) is 0 Å². The summed E-state index contributed by atoms with van der Waals surface area (Å²) in [6.07, 6.45) is 0. The van der Waals surface area contributed by atoms with E-state index >= 15 is 0 Å². The zero-order valence-electron chi connectivity index (χ0n) is 2.34. The molecule has 0 saturated heterocycles. The Hall–Kier alpha value is 1.33. The molecule has 0 nitrogen and oxygen atoms in total. The molecule has 25 valence electrons. The largest absolute Gasteiger partial charge is 0 e. The van der Waals surface area contributed by atoms with Gasteiger partial charge in [-0.25, -0.2) is 0 Å². The van der Waals surface area contributed by atoms with E-state index in [1.165, 1.54) is 0 Å². The minimum Gasteiger partial charge on any atom is 0 e. The van der Waals surface area contributed by atoms with Gasteiger partial charge in [0.2, 0.25) is 0 Å². The third kappa shape index (κ3) is 33.3. The van der Waals surface area contributed by atoms with Gasteiger partial charge in [-0.3, -0.25) is 0 Å². The van der Waals surface area contributed by atoms with Gasteiger partial charge in [0.15, 0.2) is 0 Å². The van der Waals surface area contributed by atoms with Crippen LogP contribution in [0, 0.1) is 7.43 Å². The van der Waals surface area contributed by atoms with Crippen LogP contribution < -0.4 is 0 Å². The van der Waals surface area contributed by atoms with Crippen LogP contribution in [0.2, 0.25) is 0 Å². The molecule has 0 heterocycles. The van der Waals surface area contributed by atoms with Crippen molar-refractivity contribution < 1.29 is 34.4 Å². The molecular weight excluding hydrogens is 159 g/mol. The fourth-order valence-corrected chi connectivity index (χ4v) is 0. The smallest absolute Gasteiger partial charge is 0 e. The maximum absolute atomic E-state index is 0. The van der Waals surface area contributed by atoms with Crippen LogP contribution in [0.4, 0.5) is 0 Å². The van der Waals surface area contributed by atoms with Crippen molar-refractivity contribution in [3.8, 4) is 0 Å². The van der Waals surface area contributed by atoms with Gasteiger partial charge >= 0.3 is 0 Å². The van der Waals surface area contributed by atoms with Gasteiger partial charge in [-0.1, -0.05) is 0 Å². The van der Waals surface area contributed by atoms with E-state index in [2.05, 4.69) is 0 Å². The second-order valence-corrected chi connectivity index (χ2v) is 0. The minimum atomic E-state index is 0. The van der Waals surface area contributed by atoms with E-state index in [9.17, 15) is 0 Å². The van der Waals surface area contributed by atoms with Crippen LogP contribution in [0.3, 0.4) is 0 Å². The maximum atomic E-state index is 0. The Kier molecular flexibility index (Phi) is 1140. The van der Waals surface area contributed by atoms with Crippen molar-refractivity contribution in [3.63, 3.8) is 0 Å². The van der Waals surface area contributed by atoms with Crippen molar-refractivity contribution in [3.05, 3.63) is 7.43 Å². The Labute approximate surface area is 61.3 Å². The molecule has 0 aromatic rings. The van der Waals surface area contributed by atoms with Crippen LogP contribution in [0.5, 0.6) is 0 Å². The van der Waals surface area contributed by atoms with E-state index < -0.39 is 0 Å². The third-order valence-corrected chi connectivity index (χ3v) is 0. The quantitative estimate of drug-likeness (QED) is 0.410. The molecule has 0 bridgehead atoms. The molecule has 0 rings (SSSR count). The van der Waals surface area contributed by atoms with E-state index in [1.807, 2.05) is 0 Å². The molecule has 11 radical (unpaired) electrons. The number of hydrogen-bond donors (Lipinski definition) is 0. The molecule has 0 N–H and O–H groups in total. The Balaban J connectivity index is 0. The van der Waals surface area contributed by atoms with Crippen LogP contribution in [0.25, 0.3) is 0 Å². The van der Waals surface area contributed by atoms with E-state index in [-0.39, 0.29) is 61.2 Å². The Morgan fingerprint density at radius 2 is 1.00 bits per heavy atom. The molecule has 0 aliphatic heterocycles. The first-order chi connectivity index (χ1) is 0.